The standard InChI is InChI=1S/C18H16N2O2/c21-17-12-4-1-2-5-13(12)18(22)16-14(17)6-3-7-15(16)20-10-8-19-9-11-20/h1-7,19H,8-11H2/p+1. The number of fused-ring (bicyclic) bond motifs is 2. The summed E-state index contributed by atoms with van der Waals surface area (Å²) in [5.41, 5.74) is 3.06. The molecule has 1 aliphatic heterocycles. The number of carbonyl (C=O) groups excluding carboxylic acids is 2. The third-order valence-electron chi connectivity index (χ3n) is 4.48. The van der Waals surface area contributed by atoms with E-state index in [0.29, 0.717) is 22.3 Å². The Hall–Kier alpha value is -2.46. The molecule has 0 atom stereocenters. The van der Waals surface area contributed by atoms with Crippen LogP contribution in [0.4, 0.5) is 5.69 Å². The summed E-state index contributed by atoms with van der Waals surface area (Å²) >= 11 is 0. The van der Waals surface area contributed by atoms with Crippen molar-refractivity contribution < 1.29 is 14.9 Å². The lowest BCUT2D eigenvalue weighted by molar-refractivity contribution is -0.655. The molecular formula is C18H17N2O2+. The smallest absolute Gasteiger partial charge is 0.196 e. The van der Waals surface area contributed by atoms with Gasteiger partial charge in [0.25, 0.3) is 0 Å². The molecule has 1 saturated heterocycles. The number of piperazine rings is 1. The van der Waals surface area contributed by atoms with Crippen LogP contribution in [0.2, 0.25) is 0 Å². The molecule has 1 heterocycles. The van der Waals surface area contributed by atoms with Gasteiger partial charge in [-0.25, -0.2) is 0 Å². The van der Waals surface area contributed by atoms with Gasteiger partial charge in [0, 0.05) is 22.4 Å². The van der Waals surface area contributed by atoms with E-state index in [4.69, 9.17) is 0 Å². The Bertz CT molecular complexity index is 776. The highest BCUT2D eigenvalue weighted by atomic mass is 16.1. The van der Waals surface area contributed by atoms with Crippen molar-refractivity contribution in [3.63, 3.8) is 0 Å². The lowest BCUT2D eigenvalue weighted by Gasteiger charge is -2.30. The summed E-state index contributed by atoms with van der Waals surface area (Å²) in [7, 11) is 0. The molecule has 110 valence electrons. The van der Waals surface area contributed by atoms with Gasteiger partial charge in [-0.2, -0.15) is 0 Å². The molecule has 0 saturated carbocycles. The Morgan fingerprint density at radius 3 is 2.14 bits per heavy atom. The average molecular weight is 293 g/mol. The van der Waals surface area contributed by atoms with E-state index in [0.717, 1.165) is 31.9 Å². The molecule has 4 heteroatoms. The van der Waals surface area contributed by atoms with Crippen LogP contribution >= 0.6 is 0 Å². The number of carbonyl (C=O) groups is 2. The van der Waals surface area contributed by atoms with Crippen molar-refractivity contribution in [3.8, 4) is 0 Å². The topological polar surface area (TPSA) is 54.0 Å². The number of benzene rings is 2. The number of nitrogens with zero attached hydrogens (tertiary/aromatic N) is 1. The molecular weight excluding hydrogens is 276 g/mol. The zero-order valence-electron chi connectivity index (χ0n) is 12.2. The number of rotatable bonds is 1. The minimum atomic E-state index is -0.0457. The molecule has 1 fully saturated rings. The fourth-order valence-electron chi connectivity index (χ4n) is 3.38. The predicted molar refractivity (Wildman–Crippen MR) is 83.6 cm³/mol. The van der Waals surface area contributed by atoms with Gasteiger partial charge < -0.3 is 10.2 Å². The normalized spacial score (nSPS) is 17.2. The summed E-state index contributed by atoms with van der Waals surface area (Å²) in [5.74, 6) is -0.0778. The summed E-state index contributed by atoms with van der Waals surface area (Å²) < 4.78 is 0. The fourth-order valence-corrected chi connectivity index (χ4v) is 3.38. The van der Waals surface area contributed by atoms with Gasteiger partial charge in [0.15, 0.2) is 11.6 Å². The van der Waals surface area contributed by atoms with Crippen molar-refractivity contribution in [2.45, 2.75) is 0 Å². The van der Waals surface area contributed by atoms with Gasteiger partial charge in [0.1, 0.15) is 0 Å². The second kappa shape index (κ2) is 5.07. The van der Waals surface area contributed by atoms with Crippen LogP contribution < -0.4 is 10.2 Å². The predicted octanol–water partition coefficient (Wildman–Crippen LogP) is 0.845. The minimum absolute atomic E-state index is 0.0321. The van der Waals surface area contributed by atoms with Crippen LogP contribution in [-0.4, -0.2) is 37.7 Å². The number of hydrogen-bond donors (Lipinski definition) is 1. The van der Waals surface area contributed by atoms with Crippen LogP contribution in [0.1, 0.15) is 31.8 Å². The van der Waals surface area contributed by atoms with E-state index in [1.54, 1.807) is 24.3 Å². The molecule has 2 N–H and O–H groups in total. The van der Waals surface area contributed by atoms with Crippen LogP contribution in [-0.2, 0) is 0 Å². The van der Waals surface area contributed by atoms with E-state index in [9.17, 15) is 9.59 Å². The summed E-state index contributed by atoms with van der Waals surface area (Å²) in [5, 5.41) is 2.27. The van der Waals surface area contributed by atoms with Gasteiger partial charge in [-0.3, -0.25) is 9.59 Å². The van der Waals surface area contributed by atoms with E-state index in [-0.39, 0.29) is 11.6 Å². The van der Waals surface area contributed by atoms with Gasteiger partial charge in [0.05, 0.1) is 31.7 Å². The number of nitrogens with two attached hydrogens (primary N) is 1. The van der Waals surface area contributed by atoms with Gasteiger partial charge in [-0.15, -0.1) is 0 Å². The van der Waals surface area contributed by atoms with Crippen LogP contribution in [0.3, 0.4) is 0 Å². The molecule has 0 amide bonds. The molecule has 2 aromatic carbocycles. The van der Waals surface area contributed by atoms with Crippen molar-refractivity contribution in [2.75, 3.05) is 31.1 Å². The number of anilines is 1. The molecule has 4 nitrogen and oxygen atoms in total. The van der Waals surface area contributed by atoms with Crippen LogP contribution in [0, 0.1) is 0 Å². The maximum absolute atomic E-state index is 12.9. The monoisotopic (exact) mass is 293 g/mol. The third-order valence-corrected chi connectivity index (χ3v) is 4.48. The van der Waals surface area contributed by atoms with E-state index >= 15 is 0 Å². The first-order valence-corrected chi connectivity index (χ1v) is 7.65. The Kier molecular flexibility index (Phi) is 3.05. The molecule has 0 radical (unpaired) electrons. The maximum Gasteiger partial charge on any atom is 0.196 e. The van der Waals surface area contributed by atoms with E-state index in [1.807, 2.05) is 18.2 Å². The Balaban J connectivity index is 1.89. The highest BCUT2D eigenvalue weighted by molar-refractivity contribution is 6.30. The summed E-state index contributed by atoms with van der Waals surface area (Å²) in [6.45, 7) is 3.84. The molecule has 0 bridgehead atoms. The Morgan fingerprint density at radius 1 is 0.773 bits per heavy atom. The number of hydrogen-bond acceptors (Lipinski definition) is 3. The molecule has 1 aliphatic carbocycles. The second-order valence-electron chi connectivity index (χ2n) is 5.76. The quantitative estimate of drug-likeness (QED) is 0.723. The summed E-state index contributed by atoms with van der Waals surface area (Å²) in [6.07, 6.45) is 0. The average Bonchev–Trinajstić information content (AvgIpc) is 2.60. The maximum atomic E-state index is 12.9. The zero-order chi connectivity index (χ0) is 15.1. The van der Waals surface area contributed by atoms with Crippen molar-refractivity contribution in [3.05, 3.63) is 64.7 Å². The van der Waals surface area contributed by atoms with Crippen molar-refractivity contribution in [2.24, 2.45) is 0 Å². The van der Waals surface area contributed by atoms with Gasteiger partial charge in [0.2, 0.25) is 0 Å². The summed E-state index contributed by atoms with van der Waals surface area (Å²) in [4.78, 5) is 27.9. The third kappa shape index (κ3) is 1.88. The zero-order valence-corrected chi connectivity index (χ0v) is 12.2. The van der Waals surface area contributed by atoms with E-state index in [1.165, 1.54) is 0 Å². The number of quaternary nitrogens is 1. The summed E-state index contributed by atoms with van der Waals surface area (Å²) in [6, 6.07) is 12.7. The second-order valence-corrected chi connectivity index (χ2v) is 5.76. The van der Waals surface area contributed by atoms with Gasteiger partial charge >= 0.3 is 0 Å². The molecule has 2 aliphatic rings. The lowest BCUT2D eigenvalue weighted by Crippen LogP contribution is -2.89. The Morgan fingerprint density at radius 2 is 1.41 bits per heavy atom. The minimum Gasteiger partial charge on any atom is -0.360 e. The molecule has 4 rings (SSSR count). The highest BCUT2D eigenvalue weighted by Gasteiger charge is 2.32. The first kappa shape index (κ1) is 13.2. The van der Waals surface area contributed by atoms with E-state index in [2.05, 4.69) is 10.2 Å². The van der Waals surface area contributed by atoms with Gasteiger partial charge in [-0.05, 0) is 6.07 Å². The van der Waals surface area contributed by atoms with Crippen molar-refractivity contribution in [1.82, 2.24) is 0 Å². The molecule has 22 heavy (non-hydrogen) atoms. The van der Waals surface area contributed by atoms with Crippen molar-refractivity contribution in [1.29, 1.82) is 0 Å². The molecule has 0 aromatic heterocycles. The van der Waals surface area contributed by atoms with Gasteiger partial charge in [-0.1, -0.05) is 36.4 Å². The largest absolute Gasteiger partial charge is 0.360 e. The van der Waals surface area contributed by atoms with Crippen LogP contribution in [0.5, 0.6) is 0 Å². The lowest BCUT2D eigenvalue weighted by atomic mass is 9.83. The first-order valence-electron chi connectivity index (χ1n) is 7.65. The molecule has 2 aromatic rings. The highest BCUT2D eigenvalue weighted by Crippen LogP contribution is 2.33. The Labute approximate surface area is 128 Å². The van der Waals surface area contributed by atoms with Crippen molar-refractivity contribution >= 4 is 17.3 Å². The van der Waals surface area contributed by atoms with Crippen LogP contribution in [0.15, 0.2) is 42.5 Å². The molecule has 0 unspecified atom stereocenters. The van der Waals surface area contributed by atoms with E-state index < -0.39 is 0 Å². The molecule has 0 spiro atoms. The van der Waals surface area contributed by atoms with Crippen LogP contribution in [0.25, 0.3) is 0 Å². The number of ketones is 2. The SMILES string of the molecule is O=C1c2ccccc2C(=O)c2c1cccc2N1CC[NH2+]CC1. The first-order chi connectivity index (χ1) is 10.8. The fraction of sp³-hybridized carbons (Fsp3) is 0.222.